The van der Waals surface area contributed by atoms with E-state index in [9.17, 15) is 9.59 Å². The van der Waals surface area contributed by atoms with Crippen molar-refractivity contribution in [1.82, 2.24) is 19.6 Å². The van der Waals surface area contributed by atoms with Gasteiger partial charge in [-0.25, -0.2) is 9.78 Å². The second kappa shape index (κ2) is 9.55. The van der Waals surface area contributed by atoms with Crippen molar-refractivity contribution in [2.24, 2.45) is 0 Å². The van der Waals surface area contributed by atoms with Crippen LogP contribution in [0.25, 0.3) is 27.9 Å². The molecule has 0 bridgehead atoms. The maximum atomic E-state index is 12.8. The molecule has 2 aromatic heterocycles. The van der Waals surface area contributed by atoms with Crippen LogP contribution in [0.1, 0.15) is 15.9 Å². The second-order valence-corrected chi connectivity index (χ2v) is 8.78. The summed E-state index contributed by atoms with van der Waals surface area (Å²) in [5, 5.41) is 13.0. The quantitative estimate of drug-likeness (QED) is 0.274. The van der Waals surface area contributed by atoms with Gasteiger partial charge in [0.1, 0.15) is 5.82 Å². The number of fused-ring (bicyclic) bond motifs is 3. The minimum Gasteiger partial charge on any atom is -0.465 e. The normalized spacial score (nSPS) is 11.0. The van der Waals surface area contributed by atoms with Crippen LogP contribution in [0, 0.1) is 6.92 Å². The van der Waals surface area contributed by atoms with Crippen LogP contribution in [-0.2, 0) is 9.53 Å². The lowest BCUT2D eigenvalue weighted by atomic mass is 10.1. The number of hydrogen-bond donors (Lipinski definition) is 1. The van der Waals surface area contributed by atoms with Crippen molar-refractivity contribution in [3.05, 3.63) is 83.9 Å². The fourth-order valence-corrected chi connectivity index (χ4v) is 4.48. The van der Waals surface area contributed by atoms with Gasteiger partial charge < -0.3 is 10.1 Å². The zero-order chi connectivity index (χ0) is 24.4. The van der Waals surface area contributed by atoms with E-state index in [0.717, 1.165) is 22.0 Å². The standard InChI is InChI=1S/C26H21N5O3S/c1-16-11-13-17(14-12-16)23-28-20-9-5-3-7-18(20)24-29-30-26(31(23)24)35-15-22(32)27-21-10-6-4-8-19(21)25(33)34-2/h3-14H,15H2,1-2H3,(H,27,32). The van der Waals surface area contributed by atoms with Crippen LogP contribution in [0.5, 0.6) is 0 Å². The molecular weight excluding hydrogens is 462 g/mol. The van der Waals surface area contributed by atoms with Crippen LogP contribution in [0.3, 0.4) is 0 Å². The van der Waals surface area contributed by atoms with E-state index < -0.39 is 5.97 Å². The van der Waals surface area contributed by atoms with Crippen LogP contribution in [0.2, 0.25) is 0 Å². The summed E-state index contributed by atoms with van der Waals surface area (Å²) in [4.78, 5) is 29.6. The molecular formula is C26H21N5O3S. The molecule has 0 aliphatic heterocycles. The van der Waals surface area contributed by atoms with Crippen molar-refractivity contribution < 1.29 is 14.3 Å². The third kappa shape index (κ3) is 4.45. The molecule has 0 saturated carbocycles. The van der Waals surface area contributed by atoms with E-state index >= 15 is 0 Å². The molecule has 0 atom stereocenters. The van der Waals surface area contributed by atoms with Crippen molar-refractivity contribution in [3.63, 3.8) is 0 Å². The number of rotatable bonds is 6. The highest BCUT2D eigenvalue weighted by Crippen LogP contribution is 2.29. The molecule has 1 amide bonds. The molecule has 9 heteroatoms. The number of hydrogen-bond acceptors (Lipinski definition) is 7. The fraction of sp³-hybridized carbons (Fsp3) is 0.115. The number of benzene rings is 3. The predicted molar refractivity (Wildman–Crippen MR) is 136 cm³/mol. The van der Waals surface area contributed by atoms with Crippen molar-refractivity contribution in [2.45, 2.75) is 12.1 Å². The summed E-state index contributed by atoms with van der Waals surface area (Å²) in [5.41, 5.74) is 4.24. The largest absolute Gasteiger partial charge is 0.465 e. The Hall–Kier alpha value is -4.24. The summed E-state index contributed by atoms with van der Waals surface area (Å²) in [6.45, 7) is 2.03. The number of aromatic nitrogens is 4. The number of esters is 1. The molecule has 0 radical (unpaired) electrons. The molecule has 8 nitrogen and oxygen atoms in total. The number of para-hydroxylation sites is 2. The zero-order valence-electron chi connectivity index (χ0n) is 19.1. The Morgan fingerprint density at radius 1 is 0.971 bits per heavy atom. The number of anilines is 1. The van der Waals surface area contributed by atoms with Gasteiger partial charge in [-0.2, -0.15) is 0 Å². The highest BCUT2D eigenvalue weighted by Gasteiger charge is 2.18. The summed E-state index contributed by atoms with van der Waals surface area (Å²) in [6, 6.07) is 22.6. The first-order chi connectivity index (χ1) is 17.0. The van der Waals surface area contributed by atoms with E-state index in [1.165, 1.54) is 18.9 Å². The van der Waals surface area contributed by atoms with Gasteiger partial charge in [-0.05, 0) is 31.2 Å². The lowest BCUT2D eigenvalue weighted by Crippen LogP contribution is -2.17. The Labute approximate surface area is 205 Å². The summed E-state index contributed by atoms with van der Waals surface area (Å²) in [6.07, 6.45) is 0. The van der Waals surface area contributed by atoms with Gasteiger partial charge in [0, 0.05) is 10.9 Å². The van der Waals surface area contributed by atoms with Gasteiger partial charge in [0.15, 0.2) is 10.8 Å². The third-order valence-corrected chi connectivity index (χ3v) is 6.39. The molecule has 0 aliphatic carbocycles. The number of thioether (sulfide) groups is 1. The molecule has 3 aromatic carbocycles. The van der Waals surface area contributed by atoms with E-state index in [-0.39, 0.29) is 11.7 Å². The van der Waals surface area contributed by atoms with Crippen molar-refractivity contribution >= 4 is 45.9 Å². The Balaban J connectivity index is 1.48. The number of amides is 1. The first-order valence-electron chi connectivity index (χ1n) is 10.9. The van der Waals surface area contributed by atoms with Gasteiger partial charge in [0.2, 0.25) is 5.91 Å². The number of ether oxygens (including phenoxy) is 1. The topological polar surface area (TPSA) is 98.5 Å². The lowest BCUT2D eigenvalue weighted by Gasteiger charge is -2.11. The average Bonchev–Trinajstić information content (AvgIpc) is 3.32. The van der Waals surface area contributed by atoms with Crippen molar-refractivity contribution in [1.29, 1.82) is 0 Å². The Morgan fingerprint density at radius 2 is 1.71 bits per heavy atom. The van der Waals surface area contributed by atoms with E-state index in [0.29, 0.717) is 27.9 Å². The molecule has 174 valence electrons. The second-order valence-electron chi connectivity index (χ2n) is 7.83. The van der Waals surface area contributed by atoms with Crippen LogP contribution in [-0.4, -0.2) is 44.3 Å². The first kappa shape index (κ1) is 22.5. The number of aryl methyl sites for hydroxylation is 1. The van der Waals surface area contributed by atoms with Crippen molar-refractivity contribution in [3.8, 4) is 11.4 Å². The molecule has 0 unspecified atom stereocenters. The van der Waals surface area contributed by atoms with Gasteiger partial charge >= 0.3 is 5.97 Å². The molecule has 0 spiro atoms. The Morgan fingerprint density at radius 3 is 2.51 bits per heavy atom. The van der Waals surface area contributed by atoms with Crippen LogP contribution < -0.4 is 5.32 Å². The summed E-state index contributed by atoms with van der Waals surface area (Å²) in [5.74, 6) is -0.0368. The average molecular weight is 484 g/mol. The van der Waals surface area contributed by atoms with Crippen LogP contribution >= 0.6 is 11.8 Å². The lowest BCUT2D eigenvalue weighted by molar-refractivity contribution is -0.113. The fourth-order valence-electron chi connectivity index (χ4n) is 3.75. The number of carbonyl (C=O) groups is 2. The van der Waals surface area contributed by atoms with Crippen molar-refractivity contribution in [2.75, 3.05) is 18.2 Å². The molecule has 5 aromatic rings. The van der Waals surface area contributed by atoms with Gasteiger partial charge in [-0.1, -0.05) is 65.9 Å². The molecule has 1 N–H and O–H groups in total. The van der Waals surface area contributed by atoms with E-state index in [1.807, 2.05) is 59.9 Å². The Bertz CT molecular complexity index is 1560. The molecule has 0 aliphatic rings. The molecule has 2 heterocycles. The monoisotopic (exact) mass is 483 g/mol. The highest BCUT2D eigenvalue weighted by atomic mass is 32.2. The minimum absolute atomic E-state index is 0.0659. The summed E-state index contributed by atoms with van der Waals surface area (Å²) < 4.78 is 6.68. The molecule has 5 rings (SSSR count). The Kier molecular flexibility index (Phi) is 6.15. The SMILES string of the molecule is COC(=O)c1ccccc1NC(=O)CSc1nnc2c3ccccc3nc(-c3ccc(C)cc3)n12. The smallest absolute Gasteiger partial charge is 0.339 e. The summed E-state index contributed by atoms with van der Waals surface area (Å²) in [7, 11) is 1.30. The maximum Gasteiger partial charge on any atom is 0.339 e. The number of carbonyl (C=O) groups excluding carboxylic acids is 2. The third-order valence-electron chi connectivity index (χ3n) is 5.47. The van der Waals surface area contributed by atoms with Crippen LogP contribution in [0.15, 0.2) is 78.0 Å². The van der Waals surface area contributed by atoms with Crippen LogP contribution in [0.4, 0.5) is 5.69 Å². The number of methoxy groups -OCH3 is 1. The highest BCUT2D eigenvalue weighted by molar-refractivity contribution is 7.99. The number of nitrogens with one attached hydrogen (secondary N) is 1. The van der Waals surface area contributed by atoms with Gasteiger partial charge in [0.25, 0.3) is 0 Å². The van der Waals surface area contributed by atoms with Gasteiger partial charge in [-0.15, -0.1) is 10.2 Å². The first-order valence-corrected chi connectivity index (χ1v) is 11.8. The van der Waals surface area contributed by atoms with Gasteiger partial charge in [0.05, 0.1) is 29.6 Å². The number of nitrogens with zero attached hydrogens (tertiary/aromatic N) is 4. The molecule has 0 saturated heterocycles. The van der Waals surface area contributed by atoms with E-state index in [4.69, 9.17) is 9.72 Å². The van der Waals surface area contributed by atoms with E-state index in [1.54, 1.807) is 24.3 Å². The maximum absolute atomic E-state index is 12.8. The summed E-state index contributed by atoms with van der Waals surface area (Å²) >= 11 is 1.25. The van der Waals surface area contributed by atoms with E-state index in [2.05, 4.69) is 15.5 Å². The molecule has 0 fully saturated rings. The predicted octanol–water partition coefficient (Wildman–Crippen LogP) is 4.77. The molecule has 35 heavy (non-hydrogen) atoms. The van der Waals surface area contributed by atoms with Gasteiger partial charge in [-0.3, -0.25) is 9.20 Å². The minimum atomic E-state index is -0.516. The zero-order valence-corrected chi connectivity index (χ0v) is 19.9.